The predicted molar refractivity (Wildman–Crippen MR) is 91.8 cm³/mol. The zero-order valence-corrected chi connectivity index (χ0v) is 14.6. The Morgan fingerprint density at radius 3 is 2.50 bits per heavy atom. The van der Waals surface area contributed by atoms with E-state index in [1.807, 2.05) is 19.9 Å². The van der Waals surface area contributed by atoms with Crippen LogP contribution in [0.4, 0.5) is 8.78 Å². The molecule has 136 valence electrons. The van der Waals surface area contributed by atoms with Gasteiger partial charge in [0.25, 0.3) is 5.91 Å². The van der Waals surface area contributed by atoms with Gasteiger partial charge in [-0.2, -0.15) is 0 Å². The Morgan fingerprint density at radius 2 is 1.81 bits per heavy atom. The Balaban J connectivity index is 1.60. The van der Waals surface area contributed by atoms with E-state index in [2.05, 4.69) is 5.32 Å². The van der Waals surface area contributed by atoms with Crippen molar-refractivity contribution in [2.24, 2.45) is 0 Å². The maximum Gasteiger partial charge on any atom is 0.326 e. The van der Waals surface area contributed by atoms with E-state index in [0.717, 1.165) is 17.2 Å². The first-order chi connectivity index (χ1) is 12.3. The molecule has 0 fully saturated rings. The van der Waals surface area contributed by atoms with Crippen molar-refractivity contribution >= 4 is 11.9 Å². The van der Waals surface area contributed by atoms with Crippen molar-refractivity contribution in [1.29, 1.82) is 0 Å². The number of nitrogens with one attached hydrogen (secondary N) is 1. The van der Waals surface area contributed by atoms with E-state index in [1.54, 1.807) is 12.1 Å². The molecule has 2 aromatic carbocycles. The standard InChI is InChI=1S/C20H19F2NO3/c1-11-5-12(2)7-13(6-11)20(25)23-10-19(24)26-18-4-3-15-16(18)8-14(21)9-17(15)22/h5-9,18H,3-4,10H2,1-2H3,(H,23,25). The van der Waals surface area contributed by atoms with Crippen LogP contribution < -0.4 is 5.32 Å². The zero-order chi connectivity index (χ0) is 18.8. The van der Waals surface area contributed by atoms with Gasteiger partial charge in [0.15, 0.2) is 0 Å². The summed E-state index contributed by atoms with van der Waals surface area (Å²) in [5.74, 6) is -2.35. The monoisotopic (exact) mass is 359 g/mol. The average molecular weight is 359 g/mol. The fourth-order valence-corrected chi connectivity index (χ4v) is 3.29. The highest BCUT2D eigenvalue weighted by Gasteiger charge is 2.29. The van der Waals surface area contributed by atoms with Crippen LogP contribution in [-0.2, 0) is 16.0 Å². The Morgan fingerprint density at radius 1 is 1.12 bits per heavy atom. The Labute approximate surface area is 150 Å². The largest absolute Gasteiger partial charge is 0.456 e. The molecule has 0 bridgehead atoms. The van der Waals surface area contributed by atoms with Crippen LogP contribution in [0.15, 0.2) is 30.3 Å². The molecule has 6 heteroatoms. The third-order valence-corrected chi connectivity index (χ3v) is 4.35. The molecule has 0 aromatic heterocycles. The maximum atomic E-state index is 13.7. The third kappa shape index (κ3) is 3.90. The smallest absolute Gasteiger partial charge is 0.326 e. The van der Waals surface area contributed by atoms with Crippen molar-refractivity contribution in [3.8, 4) is 0 Å². The molecule has 1 amide bonds. The number of halogens is 2. The average Bonchev–Trinajstić information content (AvgIpc) is 2.94. The van der Waals surface area contributed by atoms with E-state index in [-0.39, 0.29) is 12.5 Å². The molecule has 0 radical (unpaired) electrons. The van der Waals surface area contributed by atoms with E-state index in [9.17, 15) is 18.4 Å². The van der Waals surface area contributed by atoms with Gasteiger partial charge < -0.3 is 10.1 Å². The van der Waals surface area contributed by atoms with Crippen molar-refractivity contribution < 1.29 is 23.1 Å². The quantitative estimate of drug-likeness (QED) is 0.850. The second-order valence-corrected chi connectivity index (χ2v) is 6.53. The van der Waals surface area contributed by atoms with E-state index >= 15 is 0 Å². The number of amides is 1. The molecule has 1 aliphatic carbocycles. The summed E-state index contributed by atoms with van der Waals surface area (Å²) in [7, 11) is 0. The van der Waals surface area contributed by atoms with E-state index in [1.165, 1.54) is 6.07 Å². The number of hydrogen-bond donors (Lipinski definition) is 1. The lowest BCUT2D eigenvalue weighted by molar-refractivity contribution is -0.148. The van der Waals surface area contributed by atoms with Gasteiger partial charge in [0.05, 0.1) is 0 Å². The molecule has 1 aliphatic rings. The predicted octanol–water partition coefficient (Wildman–Crippen LogP) is 3.54. The Hall–Kier alpha value is -2.76. The highest BCUT2D eigenvalue weighted by molar-refractivity contribution is 5.96. The fraction of sp³-hybridized carbons (Fsp3) is 0.300. The molecule has 1 N–H and O–H groups in total. The van der Waals surface area contributed by atoms with E-state index < -0.39 is 23.7 Å². The lowest BCUT2D eigenvalue weighted by atomic mass is 10.1. The summed E-state index contributed by atoms with van der Waals surface area (Å²) in [4.78, 5) is 24.2. The normalized spacial score (nSPS) is 15.5. The molecule has 0 aliphatic heterocycles. The molecule has 0 heterocycles. The molecule has 3 rings (SSSR count). The van der Waals surface area contributed by atoms with Crippen LogP contribution in [0.5, 0.6) is 0 Å². The summed E-state index contributed by atoms with van der Waals surface area (Å²) in [6, 6.07) is 7.42. The van der Waals surface area contributed by atoms with Crippen LogP contribution in [-0.4, -0.2) is 18.4 Å². The number of aryl methyl sites for hydroxylation is 2. The zero-order valence-electron chi connectivity index (χ0n) is 14.6. The topological polar surface area (TPSA) is 55.4 Å². The molecule has 0 spiro atoms. The number of esters is 1. The number of carbonyl (C=O) groups is 2. The van der Waals surface area contributed by atoms with Gasteiger partial charge in [0.2, 0.25) is 0 Å². The summed E-state index contributed by atoms with van der Waals surface area (Å²) in [6.07, 6.45) is 0.0849. The van der Waals surface area contributed by atoms with Gasteiger partial charge in [-0.15, -0.1) is 0 Å². The number of benzene rings is 2. The Bertz CT molecular complexity index is 859. The number of carbonyl (C=O) groups excluding carboxylic acids is 2. The highest BCUT2D eigenvalue weighted by atomic mass is 19.1. The molecular formula is C20H19F2NO3. The lowest BCUT2D eigenvalue weighted by Crippen LogP contribution is -2.31. The van der Waals surface area contributed by atoms with Gasteiger partial charge in [0.1, 0.15) is 24.3 Å². The summed E-state index contributed by atoms with van der Waals surface area (Å²) < 4.78 is 32.4. The Kier molecular flexibility index (Phi) is 5.02. The van der Waals surface area contributed by atoms with Crippen molar-refractivity contribution in [2.45, 2.75) is 32.8 Å². The van der Waals surface area contributed by atoms with Gasteiger partial charge in [-0.25, -0.2) is 8.78 Å². The number of hydrogen-bond acceptors (Lipinski definition) is 3. The molecule has 1 atom stereocenters. The molecule has 4 nitrogen and oxygen atoms in total. The molecule has 1 unspecified atom stereocenters. The lowest BCUT2D eigenvalue weighted by Gasteiger charge is -2.14. The molecule has 0 saturated carbocycles. The summed E-state index contributed by atoms with van der Waals surface area (Å²) >= 11 is 0. The van der Waals surface area contributed by atoms with Gasteiger partial charge in [-0.3, -0.25) is 9.59 Å². The van der Waals surface area contributed by atoms with Crippen LogP contribution >= 0.6 is 0 Å². The van der Waals surface area contributed by atoms with Crippen LogP contribution in [0.1, 0.15) is 45.1 Å². The molecule has 26 heavy (non-hydrogen) atoms. The van der Waals surface area contributed by atoms with Crippen LogP contribution in [0.3, 0.4) is 0 Å². The van der Waals surface area contributed by atoms with E-state index in [0.29, 0.717) is 29.5 Å². The van der Waals surface area contributed by atoms with Crippen molar-refractivity contribution in [3.05, 3.63) is 69.8 Å². The van der Waals surface area contributed by atoms with Gasteiger partial charge >= 0.3 is 5.97 Å². The third-order valence-electron chi connectivity index (χ3n) is 4.35. The number of rotatable bonds is 4. The fourth-order valence-electron chi connectivity index (χ4n) is 3.29. The first-order valence-electron chi connectivity index (χ1n) is 8.37. The second-order valence-electron chi connectivity index (χ2n) is 6.53. The number of fused-ring (bicyclic) bond motifs is 1. The van der Waals surface area contributed by atoms with E-state index in [4.69, 9.17) is 4.74 Å². The molecule has 2 aromatic rings. The maximum absolute atomic E-state index is 13.7. The molecule has 0 saturated heterocycles. The van der Waals surface area contributed by atoms with Gasteiger partial charge in [0, 0.05) is 17.2 Å². The van der Waals surface area contributed by atoms with Gasteiger partial charge in [-0.1, -0.05) is 17.2 Å². The minimum Gasteiger partial charge on any atom is -0.456 e. The summed E-state index contributed by atoms with van der Waals surface area (Å²) in [6.45, 7) is 3.46. The van der Waals surface area contributed by atoms with Crippen LogP contribution in [0.25, 0.3) is 0 Å². The second kappa shape index (κ2) is 7.23. The summed E-state index contributed by atoms with van der Waals surface area (Å²) in [5.41, 5.74) is 3.10. The SMILES string of the molecule is Cc1cc(C)cc(C(=O)NCC(=O)OC2CCc3c(F)cc(F)cc32)c1. The first-order valence-corrected chi connectivity index (χ1v) is 8.37. The highest BCUT2D eigenvalue weighted by Crippen LogP contribution is 2.36. The van der Waals surface area contributed by atoms with Crippen molar-refractivity contribution in [3.63, 3.8) is 0 Å². The molecular weight excluding hydrogens is 340 g/mol. The first kappa shape index (κ1) is 18.0. The minimum absolute atomic E-state index is 0.310. The van der Waals surface area contributed by atoms with Crippen LogP contribution in [0.2, 0.25) is 0 Å². The summed E-state index contributed by atoms with van der Waals surface area (Å²) in [5, 5.41) is 2.51. The minimum atomic E-state index is -0.702. The van der Waals surface area contributed by atoms with Crippen molar-refractivity contribution in [2.75, 3.05) is 6.54 Å². The van der Waals surface area contributed by atoms with Crippen molar-refractivity contribution in [1.82, 2.24) is 5.32 Å². The van der Waals surface area contributed by atoms with Gasteiger partial charge in [-0.05, 0) is 50.5 Å². The van der Waals surface area contributed by atoms with Crippen LogP contribution in [0, 0.1) is 25.5 Å². The number of ether oxygens (including phenoxy) is 1.